The molecule has 1 unspecified atom stereocenters. The lowest BCUT2D eigenvalue weighted by molar-refractivity contribution is -0.149. The Labute approximate surface area is 148 Å². The quantitative estimate of drug-likeness (QED) is 0.881. The van der Waals surface area contributed by atoms with Crippen LogP contribution in [0.3, 0.4) is 0 Å². The number of carboxylic acid groups (broad SMARTS) is 1. The summed E-state index contributed by atoms with van der Waals surface area (Å²) in [5.74, 6) is -1.19. The molecule has 1 amide bonds. The number of nitrogens with zero attached hydrogens (tertiary/aromatic N) is 1. The van der Waals surface area contributed by atoms with Crippen LogP contribution in [0.1, 0.15) is 24.0 Å². The SMILES string of the molecule is O=C(O)C1CCCN1C(=O)C(Cc1ccccc1)Cc1ccccc1. The Morgan fingerprint density at radius 2 is 1.48 bits per heavy atom. The van der Waals surface area contributed by atoms with Crippen molar-refractivity contribution in [3.8, 4) is 0 Å². The van der Waals surface area contributed by atoms with Gasteiger partial charge in [0.15, 0.2) is 0 Å². The third kappa shape index (κ3) is 4.27. The molecule has 3 rings (SSSR count). The van der Waals surface area contributed by atoms with Crippen LogP contribution in [0.25, 0.3) is 0 Å². The Kier molecular flexibility index (Phi) is 5.49. The topological polar surface area (TPSA) is 57.6 Å². The molecule has 1 heterocycles. The van der Waals surface area contributed by atoms with Crippen LogP contribution < -0.4 is 0 Å². The maximum atomic E-state index is 13.1. The molecule has 0 radical (unpaired) electrons. The van der Waals surface area contributed by atoms with E-state index in [9.17, 15) is 14.7 Å². The Hall–Kier alpha value is -2.62. The molecule has 1 N–H and O–H groups in total. The number of aliphatic carboxylic acids is 1. The van der Waals surface area contributed by atoms with E-state index < -0.39 is 12.0 Å². The summed E-state index contributed by atoms with van der Waals surface area (Å²) >= 11 is 0. The first-order chi connectivity index (χ1) is 12.1. The Bertz CT molecular complexity index is 673. The predicted molar refractivity (Wildman–Crippen MR) is 96.2 cm³/mol. The van der Waals surface area contributed by atoms with Crippen molar-refractivity contribution in [2.45, 2.75) is 31.7 Å². The van der Waals surface area contributed by atoms with Crippen LogP contribution in [0.5, 0.6) is 0 Å². The van der Waals surface area contributed by atoms with Gasteiger partial charge in [0.25, 0.3) is 0 Å². The van der Waals surface area contributed by atoms with E-state index >= 15 is 0 Å². The van der Waals surface area contributed by atoms with Gasteiger partial charge in [-0.05, 0) is 36.8 Å². The van der Waals surface area contributed by atoms with Crippen molar-refractivity contribution in [1.82, 2.24) is 4.90 Å². The van der Waals surface area contributed by atoms with Crippen LogP contribution in [-0.4, -0.2) is 34.5 Å². The maximum Gasteiger partial charge on any atom is 0.326 e. The van der Waals surface area contributed by atoms with E-state index in [4.69, 9.17) is 0 Å². The van der Waals surface area contributed by atoms with Crippen molar-refractivity contribution in [2.75, 3.05) is 6.54 Å². The standard InChI is InChI=1S/C21H23NO3/c23-20(22-13-7-12-19(22)21(24)25)18(14-16-8-3-1-4-9-16)15-17-10-5-2-6-11-17/h1-6,8-11,18-19H,7,12-15H2,(H,24,25). The van der Waals surface area contributed by atoms with Crippen LogP contribution in [0, 0.1) is 5.92 Å². The van der Waals surface area contributed by atoms with Crippen molar-refractivity contribution < 1.29 is 14.7 Å². The van der Waals surface area contributed by atoms with Crippen LogP contribution in [-0.2, 0) is 22.4 Å². The zero-order valence-electron chi connectivity index (χ0n) is 14.2. The number of rotatable bonds is 6. The molecule has 0 bridgehead atoms. The Morgan fingerprint density at radius 1 is 0.960 bits per heavy atom. The molecular formula is C21H23NO3. The average molecular weight is 337 g/mol. The molecule has 1 fully saturated rings. The van der Waals surface area contributed by atoms with Gasteiger partial charge in [-0.1, -0.05) is 60.7 Å². The molecule has 25 heavy (non-hydrogen) atoms. The number of likely N-dealkylation sites (tertiary alicyclic amines) is 1. The van der Waals surface area contributed by atoms with Crippen molar-refractivity contribution in [1.29, 1.82) is 0 Å². The largest absolute Gasteiger partial charge is 0.480 e. The van der Waals surface area contributed by atoms with Crippen molar-refractivity contribution in [3.63, 3.8) is 0 Å². The second-order valence-corrected chi connectivity index (χ2v) is 6.60. The molecule has 0 aliphatic carbocycles. The molecule has 2 aromatic rings. The fraction of sp³-hybridized carbons (Fsp3) is 0.333. The van der Waals surface area contributed by atoms with E-state index in [-0.39, 0.29) is 11.8 Å². The van der Waals surface area contributed by atoms with E-state index in [1.807, 2.05) is 60.7 Å². The molecule has 2 aromatic carbocycles. The van der Waals surface area contributed by atoms with Crippen LogP contribution in [0.4, 0.5) is 0 Å². The van der Waals surface area contributed by atoms with Gasteiger partial charge in [0.2, 0.25) is 5.91 Å². The fourth-order valence-corrected chi connectivity index (χ4v) is 3.57. The zero-order valence-corrected chi connectivity index (χ0v) is 14.2. The number of benzene rings is 2. The number of carbonyl (C=O) groups is 2. The van der Waals surface area contributed by atoms with Crippen molar-refractivity contribution in [2.24, 2.45) is 5.92 Å². The molecule has 0 aromatic heterocycles. The second-order valence-electron chi connectivity index (χ2n) is 6.60. The van der Waals surface area contributed by atoms with Crippen molar-refractivity contribution in [3.05, 3.63) is 71.8 Å². The normalized spacial score (nSPS) is 17.0. The number of carboxylic acids is 1. The predicted octanol–water partition coefficient (Wildman–Crippen LogP) is 3.16. The van der Waals surface area contributed by atoms with E-state index in [1.54, 1.807) is 4.90 Å². The number of amides is 1. The highest BCUT2D eigenvalue weighted by Gasteiger charge is 2.37. The summed E-state index contributed by atoms with van der Waals surface area (Å²) in [5.41, 5.74) is 2.20. The number of hydrogen-bond acceptors (Lipinski definition) is 2. The fourth-order valence-electron chi connectivity index (χ4n) is 3.57. The lowest BCUT2D eigenvalue weighted by Crippen LogP contribution is -2.44. The van der Waals surface area contributed by atoms with Crippen LogP contribution >= 0.6 is 0 Å². The summed E-state index contributed by atoms with van der Waals surface area (Å²) in [6, 6.07) is 19.2. The maximum absolute atomic E-state index is 13.1. The van der Waals surface area contributed by atoms with Gasteiger partial charge < -0.3 is 10.0 Å². The van der Waals surface area contributed by atoms with Gasteiger partial charge in [-0.25, -0.2) is 4.79 Å². The number of carbonyl (C=O) groups excluding carboxylic acids is 1. The molecule has 0 saturated carbocycles. The van der Waals surface area contributed by atoms with E-state index in [0.717, 1.165) is 17.5 Å². The third-order valence-electron chi connectivity index (χ3n) is 4.82. The molecule has 130 valence electrons. The highest BCUT2D eigenvalue weighted by molar-refractivity contribution is 5.86. The monoisotopic (exact) mass is 337 g/mol. The second kappa shape index (κ2) is 7.97. The van der Waals surface area contributed by atoms with Gasteiger partial charge in [-0.3, -0.25) is 4.79 Å². The van der Waals surface area contributed by atoms with E-state index in [2.05, 4.69) is 0 Å². The first-order valence-corrected chi connectivity index (χ1v) is 8.76. The summed E-state index contributed by atoms with van der Waals surface area (Å²) in [7, 11) is 0. The van der Waals surface area contributed by atoms with Crippen molar-refractivity contribution >= 4 is 11.9 Å². The molecule has 1 atom stereocenters. The van der Waals surface area contributed by atoms with Gasteiger partial charge in [0.1, 0.15) is 6.04 Å². The van der Waals surface area contributed by atoms with Gasteiger partial charge in [-0.15, -0.1) is 0 Å². The molecule has 4 heteroatoms. The minimum absolute atomic E-state index is 0.0439. The number of hydrogen-bond donors (Lipinski definition) is 1. The lowest BCUT2D eigenvalue weighted by Gasteiger charge is -2.27. The van der Waals surface area contributed by atoms with Gasteiger partial charge >= 0.3 is 5.97 Å². The Morgan fingerprint density at radius 3 is 1.96 bits per heavy atom. The molecule has 0 spiro atoms. The van der Waals surface area contributed by atoms with Gasteiger partial charge in [-0.2, -0.15) is 0 Å². The van der Waals surface area contributed by atoms with Crippen LogP contribution in [0.15, 0.2) is 60.7 Å². The summed E-state index contributed by atoms with van der Waals surface area (Å²) in [5, 5.41) is 9.40. The van der Waals surface area contributed by atoms with E-state index in [1.165, 1.54) is 0 Å². The van der Waals surface area contributed by atoms with E-state index in [0.29, 0.717) is 25.8 Å². The summed E-state index contributed by atoms with van der Waals surface area (Å²) in [4.78, 5) is 26.2. The molecule has 1 saturated heterocycles. The molecular weight excluding hydrogens is 314 g/mol. The highest BCUT2D eigenvalue weighted by Crippen LogP contribution is 2.24. The third-order valence-corrected chi connectivity index (χ3v) is 4.82. The van der Waals surface area contributed by atoms with Crippen LogP contribution in [0.2, 0.25) is 0 Å². The molecule has 1 aliphatic rings. The molecule has 4 nitrogen and oxygen atoms in total. The molecule has 1 aliphatic heterocycles. The minimum atomic E-state index is -0.899. The highest BCUT2D eigenvalue weighted by atomic mass is 16.4. The van der Waals surface area contributed by atoms with Gasteiger partial charge in [0, 0.05) is 12.5 Å². The Balaban J connectivity index is 1.82. The first-order valence-electron chi connectivity index (χ1n) is 8.76. The summed E-state index contributed by atoms with van der Waals surface area (Å²) < 4.78 is 0. The lowest BCUT2D eigenvalue weighted by atomic mass is 9.91. The van der Waals surface area contributed by atoms with Gasteiger partial charge in [0.05, 0.1) is 0 Å². The first kappa shape index (κ1) is 17.2. The minimum Gasteiger partial charge on any atom is -0.480 e. The average Bonchev–Trinajstić information content (AvgIpc) is 3.12. The smallest absolute Gasteiger partial charge is 0.326 e. The zero-order chi connectivity index (χ0) is 17.6. The summed E-state index contributed by atoms with van der Waals surface area (Å²) in [6.07, 6.45) is 2.55. The summed E-state index contributed by atoms with van der Waals surface area (Å²) in [6.45, 7) is 0.538.